The van der Waals surface area contributed by atoms with Crippen LogP contribution in [0.15, 0.2) is 72.8 Å². The van der Waals surface area contributed by atoms with Crippen molar-refractivity contribution >= 4 is 0 Å². The zero-order valence-corrected chi connectivity index (χ0v) is 13.7. The molecule has 0 spiro atoms. The first-order valence-corrected chi connectivity index (χ1v) is 7.96. The summed E-state index contributed by atoms with van der Waals surface area (Å²) in [4.78, 5) is 0. The van der Waals surface area contributed by atoms with Crippen LogP contribution in [0, 0.1) is 37.0 Å². The van der Waals surface area contributed by atoms with E-state index in [1.54, 1.807) is 0 Å². The monoisotopic (exact) mass is 316 g/mol. The second-order valence-corrected chi connectivity index (χ2v) is 5.64. The zero-order chi connectivity index (χ0) is 17.6. The van der Waals surface area contributed by atoms with Crippen LogP contribution in [0.25, 0.3) is 0 Å². The molecule has 3 aromatic rings. The van der Waals surface area contributed by atoms with Gasteiger partial charge in [-0.05, 0) is 22.8 Å². The highest BCUT2D eigenvalue weighted by atomic mass is 14.2. The minimum atomic E-state index is -0.00706. The zero-order valence-electron chi connectivity index (χ0n) is 13.7. The summed E-state index contributed by atoms with van der Waals surface area (Å²) in [7, 11) is 0. The van der Waals surface area contributed by atoms with E-state index in [9.17, 15) is 0 Å². The SMILES string of the molecule is C#Cc1ccc(C(c2ccccc2)c2ccccc2)c(C#C)c1C#C. The molecule has 0 N–H and O–H groups in total. The largest absolute Gasteiger partial charge is 0.115 e. The number of benzene rings is 3. The van der Waals surface area contributed by atoms with Crippen LogP contribution in [0.2, 0.25) is 0 Å². The van der Waals surface area contributed by atoms with Crippen LogP contribution in [-0.4, -0.2) is 0 Å². The fourth-order valence-electron chi connectivity index (χ4n) is 3.13. The molecule has 3 rings (SSSR count). The van der Waals surface area contributed by atoms with Crippen LogP contribution in [0.4, 0.5) is 0 Å². The van der Waals surface area contributed by atoms with E-state index < -0.39 is 0 Å². The summed E-state index contributed by atoms with van der Waals surface area (Å²) in [6.07, 6.45) is 17.1. The lowest BCUT2D eigenvalue weighted by molar-refractivity contribution is 0.971. The van der Waals surface area contributed by atoms with Crippen LogP contribution in [0.5, 0.6) is 0 Å². The average molecular weight is 316 g/mol. The first-order valence-electron chi connectivity index (χ1n) is 7.96. The van der Waals surface area contributed by atoms with Crippen molar-refractivity contribution in [2.75, 3.05) is 0 Å². The van der Waals surface area contributed by atoms with Gasteiger partial charge in [0.05, 0.1) is 5.56 Å². The average Bonchev–Trinajstić information content (AvgIpc) is 2.69. The molecule has 3 aromatic carbocycles. The van der Waals surface area contributed by atoms with Crippen molar-refractivity contribution in [1.82, 2.24) is 0 Å². The minimum absolute atomic E-state index is 0.00706. The Morgan fingerprint density at radius 1 is 0.560 bits per heavy atom. The highest BCUT2D eigenvalue weighted by Crippen LogP contribution is 2.35. The third kappa shape index (κ3) is 3.05. The maximum atomic E-state index is 5.83. The summed E-state index contributed by atoms with van der Waals surface area (Å²) in [5.41, 5.74) is 5.25. The van der Waals surface area contributed by atoms with Crippen LogP contribution in [0.1, 0.15) is 39.3 Å². The smallest absolute Gasteiger partial charge is 0.0558 e. The molecular formula is C25H16. The molecule has 0 radical (unpaired) electrons. The van der Waals surface area contributed by atoms with Crippen molar-refractivity contribution in [2.45, 2.75) is 5.92 Å². The summed E-state index contributed by atoms with van der Waals surface area (Å²) < 4.78 is 0. The lowest BCUT2D eigenvalue weighted by Gasteiger charge is -2.21. The molecule has 0 aliphatic carbocycles. The van der Waals surface area contributed by atoms with Crippen LogP contribution < -0.4 is 0 Å². The molecule has 25 heavy (non-hydrogen) atoms. The molecular weight excluding hydrogens is 300 g/mol. The molecule has 116 valence electrons. The summed E-state index contributed by atoms with van der Waals surface area (Å²) in [6.45, 7) is 0. The highest BCUT2D eigenvalue weighted by molar-refractivity contribution is 5.64. The van der Waals surface area contributed by atoms with Crippen LogP contribution in [-0.2, 0) is 0 Å². The van der Waals surface area contributed by atoms with E-state index in [1.165, 1.54) is 0 Å². The summed E-state index contributed by atoms with van der Waals surface area (Å²) in [6, 6.07) is 24.4. The molecule has 0 amide bonds. The van der Waals surface area contributed by atoms with E-state index in [2.05, 4.69) is 42.0 Å². The molecule has 0 atom stereocenters. The van der Waals surface area contributed by atoms with E-state index in [1.807, 2.05) is 48.5 Å². The lowest BCUT2D eigenvalue weighted by Crippen LogP contribution is -2.07. The molecule has 0 heterocycles. The number of hydrogen-bond donors (Lipinski definition) is 0. The van der Waals surface area contributed by atoms with Gasteiger partial charge >= 0.3 is 0 Å². The highest BCUT2D eigenvalue weighted by Gasteiger charge is 2.21. The van der Waals surface area contributed by atoms with E-state index in [4.69, 9.17) is 19.3 Å². The molecule has 0 unspecified atom stereocenters. The van der Waals surface area contributed by atoms with Gasteiger partial charge in [-0.3, -0.25) is 0 Å². The Hall–Kier alpha value is -3.66. The molecule has 0 heteroatoms. The normalized spacial score (nSPS) is 9.84. The molecule has 0 bridgehead atoms. The standard InChI is InChI=1S/C25H16/c1-4-19-17-18-24(23(6-3)22(19)5-2)25(20-13-9-7-10-14-20)21-15-11-8-12-16-21/h1-3,7-18,25H. The van der Waals surface area contributed by atoms with Crippen LogP contribution >= 0.6 is 0 Å². The third-order valence-corrected chi connectivity index (χ3v) is 4.26. The van der Waals surface area contributed by atoms with E-state index in [0.29, 0.717) is 16.7 Å². The van der Waals surface area contributed by atoms with Gasteiger partial charge in [0, 0.05) is 17.0 Å². The molecule has 0 aliphatic heterocycles. The predicted octanol–water partition coefficient (Wildman–Crippen LogP) is 4.81. The second kappa shape index (κ2) is 7.27. The Balaban J connectivity index is 2.31. The maximum absolute atomic E-state index is 5.83. The maximum Gasteiger partial charge on any atom is 0.0558 e. The molecule has 0 aromatic heterocycles. The number of terminal acetylenes is 3. The summed E-state index contributed by atoms with van der Waals surface area (Å²) in [5.74, 6) is 8.07. The first-order chi connectivity index (χ1) is 12.3. The third-order valence-electron chi connectivity index (χ3n) is 4.26. The van der Waals surface area contributed by atoms with E-state index in [-0.39, 0.29) is 5.92 Å². The topological polar surface area (TPSA) is 0 Å². The van der Waals surface area contributed by atoms with Crippen molar-refractivity contribution in [3.8, 4) is 37.0 Å². The van der Waals surface area contributed by atoms with Gasteiger partial charge in [-0.15, -0.1) is 19.3 Å². The first kappa shape index (κ1) is 16.2. The number of rotatable bonds is 3. The lowest BCUT2D eigenvalue weighted by atomic mass is 9.81. The Bertz CT molecular complexity index is 964. The van der Waals surface area contributed by atoms with Crippen molar-refractivity contribution in [2.24, 2.45) is 0 Å². The summed E-state index contributed by atoms with van der Waals surface area (Å²) >= 11 is 0. The molecule has 0 saturated heterocycles. The van der Waals surface area contributed by atoms with Crippen molar-refractivity contribution in [1.29, 1.82) is 0 Å². The Morgan fingerprint density at radius 2 is 1.08 bits per heavy atom. The van der Waals surface area contributed by atoms with Gasteiger partial charge in [0.2, 0.25) is 0 Å². The minimum Gasteiger partial charge on any atom is -0.115 e. The van der Waals surface area contributed by atoms with Gasteiger partial charge in [-0.2, -0.15) is 0 Å². The van der Waals surface area contributed by atoms with Crippen molar-refractivity contribution < 1.29 is 0 Å². The quantitative estimate of drug-likeness (QED) is 0.480. The fourth-order valence-corrected chi connectivity index (χ4v) is 3.13. The molecule has 0 fully saturated rings. The van der Waals surface area contributed by atoms with Crippen LogP contribution in [0.3, 0.4) is 0 Å². The van der Waals surface area contributed by atoms with Gasteiger partial charge in [-0.25, -0.2) is 0 Å². The van der Waals surface area contributed by atoms with Gasteiger partial charge < -0.3 is 0 Å². The molecule has 0 saturated carbocycles. The Labute approximate surface area is 149 Å². The molecule has 0 nitrogen and oxygen atoms in total. The Morgan fingerprint density at radius 3 is 1.52 bits per heavy atom. The van der Waals surface area contributed by atoms with Gasteiger partial charge in [-0.1, -0.05) is 84.5 Å². The predicted molar refractivity (Wildman–Crippen MR) is 104 cm³/mol. The summed E-state index contributed by atoms with van der Waals surface area (Å²) in [5, 5.41) is 0. The van der Waals surface area contributed by atoms with Gasteiger partial charge in [0.1, 0.15) is 0 Å². The van der Waals surface area contributed by atoms with Crippen molar-refractivity contribution in [3.63, 3.8) is 0 Å². The number of hydrogen-bond acceptors (Lipinski definition) is 0. The van der Waals surface area contributed by atoms with Gasteiger partial charge in [0.15, 0.2) is 0 Å². The Kier molecular flexibility index (Phi) is 4.72. The van der Waals surface area contributed by atoms with E-state index in [0.717, 1.165) is 16.7 Å². The molecule has 0 aliphatic rings. The van der Waals surface area contributed by atoms with E-state index >= 15 is 0 Å². The second-order valence-electron chi connectivity index (χ2n) is 5.64. The fraction of sp³-hybridized carbons (Fsp3) is 0.0400. The van der Waals surface area contributed by atoms with Crippen molar-refractivity contribution in [3.05, 3.63) is 106 Å². The van der Waals surface area contributed by atoms with Gasteiger partial charge in [0.25, 0.3) is 0 Å².